The maximum atomic E-state index is 13.2. The number of amides is 1. The van der Waals surface area contributed by atoms with Crippen LogP contribution < -0.4 is 5.32 Å². The summed E-state index contributed by atoms with van der Waals surface area (Å²) in [4.78, 5) is 27.7. The standard InChI is InChI=1S/C21H30N2O3/c1-14-9-5-8-12-16(14)18-17(19(24)22-15-10-6-7-11-15)13-21(2,23(18)3)20(25)26-4/h5,8-9,12,15,17-18H,6-7,10-11,13H2,1-4H3,(H,22,24)/t17-,18-,21-/m0/s1. The molecule has 0 spiro atoms. The Morgan fingerprint density at radius 1 is 1.23 bits per heavy atom. The number of nitrogens with one attached hydrogen (secondary N) is 1. The van der Waals surface area contributed by atoms with E-state index in [-0.39, 0.29) is 29.9 Å². The number of hydrogen-bond donors (Lipinski definition) is 1. The predicted octanol–water partition coefficient (Wildman–Crippen LogP) is 2.98. The maximum Gasteiger partial charge on any atom is 0.326 e. The average molecular weight is 358 g/mol. The molecule has 1 N–H and O–H groups in total. The van der Waals surface area contributed by atoms with Crippen LogP contribution in [0.3, 0.4) is 0 Å². The van der Waals surface area contributed by atoms with E-state index in [1.54, 1.807) is 0 Å². The molecule has 0 radical (unpaired) electrons. The summed E-state index contributed by atoms with van der Waals surface area (Å²) in [7, 11) is 3.34. The fourth-order valence-corrected chi connectivity index (χ4v) is 4.67. The van der Waals surface area contributed by atoms with Crippen LogP contribution in [0.5, 0.6) is 0 Å². The van der Waals surface area contributed by atoms with Gasteiger partial charge >= 0.3 is 5.97 Å². The Hall–Kier alpha value is -1.88. The molecule has 2 fully saturated rings. The minimum Gasteiger partial charge on any atom is -0.468 e. The number of nitrogens with zero attached hydrogens (tertiary/aromatic N) is 1. The van der Waals surface area contributed by atoms with Crippen molar-refractivity contribution in [3.63, 3.8) is 0 Å². The van der Waals surface area contributed by atoms with Gasteiger partial charge in [-0.1, -0.05) is 37.1 Å². The van der Waals surface area contributed by atoms with Crippen LogP contribution >= 0.6 is 0 Å². The lowest BCUT2D eigenvalue weighted by Gasteiger charge is -2.33. The van der Waals surface area contributed by atoms with Crippen molar-refractivity contribution in [3.05, 3.63) is 35.4 Å². The lowest BCUT2D eigenvalue weighted by molar-refractivity contribution is -0.152. The molecule has 3 atom stereocenters. The Morgan fingerprint density at radius 3 is 2.50 bits per heavy atom. The Labute approximate surface area is 156 Å². The molecule has 1 aliphatic carbocycles. The molecular formula is C21H30N2O3. The van der Waals surface area contributed by atoms with Crippen molar-refractivity contribution >= 4 is 11.9 Å². The van der Waals surface area contributed by atoms with E-state index < -0.39 is 5.54 Å². The number of carbonyl (C=O) groups is 2. The summed E-state index contributed by atoms with van der Waals surface area (Å²) in [6.45, 7) is 3.94. The van der Waals surface area contributed by atoms with Gasteiger partial charge in [0.1, 0.15) is 5.54 Å². The molecule has 2 aliphatic rings. The minimum absolute atomic E-state index is 0.0598. The van der Waals surface area contributed by atoms with Crippen molar-refractivity contribution in [2.75, 3.05) is 14.2 Å². The van der Waals surface area contributed by atoms with E-state index in [4.69, 9.17) is 4.74 Å². The summed E-state index contributed by atoms with van der Waals surface area (Å²) < 4.78 is 5.07. The van der Waals surface area contributed by atoms with E-state index in [1.807, 2.05) is 31.0 Å². The molecule has 1 heterocycles. The van der Waals surface area contributed by atoms with Crippen molar-refractivity contribution < 1.29 is 14.3 Å². The number of carbonyl (C=O) groups excluding carboxylic acids is 2. The number of likely N-dealkylation sites (N-methyl/N-ethyl adjacent to an activating group) is 1. The number of aryl methyl sites for hydroxylation is 1. The van der Waals surface area contributed by atoms with Gasteiger partial charge in [-0.3, -0.25) is 14.5 Å². The number of esters is 1. The Balaban J connectivity index is 1.94. The topological polar surface area (TPSA) is 58.6 Å². The first-order chi connectivity index (χ1) is 12.4. The summed E-state index contributed by atoms with van der Waals surface area (Å²) >= 11 is 0. The molecule has 1 aliphatic heterocycles. The van der Waals surface area contributed by atoms with Gasteiger partial charge in [0, 0.05) is 12.1 Å². The van der Waals surface area contributed by atoms with E-state index in [0.717, 1.165) is 24.0 Å². The quantitative estimate of drug-likeness (QED) is 0.841. The van der Waals surface area contributed by atoms with Gasteiger partial charge in [0.05, 0.1) is 13.0 Å². The zero-order valence-corrected chi connectivity index (χ0v) is 16.2. The Morgan fingerprint density at radius 2 is 1.88 bits per heavy atom. The Kier molecular flexibility index (Phi) is 5.37. The van der Waals surface area contributed by atoms with Crippen LogP contribution in [0.2, 0.25) is 0 Å². The first kappa shape index (κ1) is 18.9. The molecule has 5 nitrogen and oxygen atoms in total. The third-order valence-electron chi connectivity index (χ3n) is 6.36. The van der Waals surface area contributed by atoms with Crippen molar-refractivity contribution in [1.29, 1.82) is 0 Å². The van der Waals surface area contributed by atoms with Gasteiger partial charge in [0.25, 0.3) is 0 Å². The second kappa shape index (κ2) is 7.39. The summed E-state index contributed by atoms with van der Waals surface area (Å²) in [5.74, 6) is -0.495. The molecular weight excluding hydrogens is 328 g/mol. The van der Waals surface area contributed by atoms with Crippen LogP contribution in [0.1, 0.15) is 56.2 Å². The van der Waals surface area contributed by atoms with E-state index in [1.165, 1.54) is 20.0 Å². The summed E-state index contributed by atoms with van der Waals surface area (Å²) in [6, 6.07) is 8.26. The lowest BCUT2D eigenvalue weighted by Crippen LogP contribution is -2.47. The van der Waals surface area contributed by atoms with Crippen LogP contribution in [-0.2, 0) is 14.3 Å². The van der Waals surface area contributed by atoms with E-state index >= 15 is 0 Å². The molecule has 1 aromatic carbocycles. The number of benzene rings is 1. The highest BCUT2D eigenvalue weighted by Crippen LogP contribution is 2.47. The van der Waals surface area contributed by atoms with Crippen molar-refractivity contribution in [2.45, 2.75) is 63.6 Å². The molecule has 1 saturated heterocycles. The molecule has 0 unspecified atom stereocenters. The van der Waals surface area contributed by atoms with Gasteiger partial charge in [-0.25, -0.2) is 0 Å². The molecule has 3 rings (SSSR count). The summed E-state index contributed by atoms with van der Waals surface area (Å²) in [5, 5.41) is 3.24. The average Bonchev–Trinajstić information content (AvgIpc) is 3.22. The van der Waals surface area contributed by atoms with Gasteiger partial charge in [-0.15, -0.1) is 0 Å². The number of rotatable bonds is 4. The number of likely N-dealkylation sites (tertiary alicyclic amines) is 1. The number of methoxy groups -OCH3 is 1. The SMILES string of the molecule is COC(=O)[C@]1(C)C[C@H](C(=O)NC2CCCC2)[C@H](c2ccccc2C)N1C. The van der Waals surface area contributed by atoms with E-state index in [2.05, 4.69) is 24.4 Å². The predicted molar refractivity (Wildman–Crippen MR) is 101 cm³/mol. The molecule has 1 saturated carbocycles. The molecule has 1 amide bonds. The molecule has 0 bridgehead atoms. The molecule has 26 heavy (non-hydrogen) atoms. The molecule has 5 heteroatoms. The number of ether oxygens (including phenoxy) is 1. The van der Waals surface area contributed by atoms with Crippen molar-refractivity contribution in [3.8, 4) is 0 Å². The fourth-order valence-electron chi connectivity index (χ4n) is 4.67. The third kappa shape index (κ3) is 3.25. The van der Waals surface area contributed by atoms with Gasteiger partial charge in [0.15, 0.2) is 0 Å². The molecule has 1 aromatic rings. The van der Waals surface area contributed by atoms with Gasteiger partial charge in [-0.2, -0.15) is 0 Å². The first-order valence-corrected chi connectivity index (χ1v) is 9.55. The zero-order valence-electron chi connectivity index (χ0n) is 16.2. The summed E-state index contributed by atoms with van der Waals surface area (Å²) in [6.07, 6.45) is 4.93. The van der Waals surface area contributed by atoms with Gasteiger partial charge < -0.3 is 10.1 Å². The molecule has 0 aromatic heterocycles. The van der Waals surface area contributed by atoms with Crippen molar-refractivity contribution in [1.82, 2.24) is 10.2 Å². The highest BCUT2D eigenvalue weighted by Gasteiger charge is 2.55. The first-order valence-electron chi connectivity index (χ1n) is 9.55. The highest BCUT2D eigenvalue weighted by molar-refractivity contribution is 5.86. The van der Waals surface area contributed by atoms with Gasteiger partial charge in [0.2, 0.25) is 5.91 Å². The zero-order chi connectivity index (χ0) is 18.9. The third-order valence-corrected chi connectivity index (χ3v) is 6.36. The number of hydrogen-bond acceptors (Lipinski definition) is 4. The van der Waals surface area contributed by atoms with Crippen LogP contribution in [0.15, 0.2) is 24.3 Å². The highest BCUT2D eigenvalue weighted by atomic mass is 16.5. The second-order valence-corrected chi connectivity index (χ2v) is 7.98. The van der Waals surface area contributed by atoms with Crippen LogP contribution in [0.25, 0.3) is 0 Å². The fraction of sp³-hybridized carbons (Fsp3) is 0.619. The normalized spacial score (nSPS) is 29.7. The van der Waals surface area contributed by atoms with Crippen molar-refractivity contribution in [2.24, 2.45) is 5.92 Å². The summed E-state index contributed by atoms with van der Waals surface area (Å²) in [5.41, 5.74) is 1.44. The van der Waals surface area contributed by atoms with Crippen LogP contribution in [-0.4, -0.2) is 42.5 Å². The monoisotopic (exact) mass is 358 g/mol. The largest absolute Gasteiger partial charge is 0.468 e. The van der Waals surface area contributed by atoms with E-state index in [9.17, 15) is 9.59 Å². The lowest BCUT2D eigenvalue weighted by atomic mass is 9.87. The second-order valence-electron chi connectivity index (χ2n) is 7.98. The van der Waals surface area contributed by atoms with Crippen LogP contribution in [0.4, 0.5) is 0 Å². The molecule has 142 valence electrons. The smallest absolute Gasteiger partial charge is 0.326 e. The minimum atomic E-state index is -0.806. The van der Waals surface area contributed by atoms with Crippen LogP contribution in [0, 0.1) is 12.8 Å². The Bertz CT molecular complexity index is 684. The van der Waals surface area contributed by atoms with Gasteiger partial charge in [-0.05, 0) is 51.3 Å². The maximum absolute atomic E-state index is 13.2. The van der Waals surface area contributed by atoms with E-state index in [0.29, 0.717) is 6.42 Å².